The van der Waals surface area contributed by atoms with Crippen molar-refractivity contribution in [2.45, 2.75) is 0 Å². The van der Waals surface area contributed by atoms with Gasteiger partial charge in [-0.3, -0.25) is 0 Å². The molecule has 1 aliphatic rings. The molecule has 1 aliphatic heterocycles. The van der Waals surface area contributed by atoms with E-state index in [1.54, 1.807) is 14.1 Å². The van der Waals surface area contributed by atoms with Gasteiger partial charge in [0.05, 0.1) is 11.2 Å². The number of nitrogens with zero attached hydrogens (tertiary/aromatic N) is 5. The molecule has 1 rings (SSSR count). The summed E-state index contributed by atoms with van der Waals surface area (Å²) in [6.07, 6.45) is 0. The number of rotatable bonds is 1. The maximum Gasteiger partial charge on any atom is 0.634 e. The zero-order valence-electron chi connectivity index (χ0n) is 9.24. The lowest BCUT2D eigenvalue weighted by atomic mass is 10.8. The molecular weight excluding hydrogens is 277 g/mol. The topological polar surface area (TPSA) is 60.6 Å². The molecule has 2 amide bonds. The molecule has 0 aliphatic carbocycles. The monoisotopic (exact) mass is 289 g/mol. The Kier molecular flexibility index (Phi) is 4.11. The van der Waals surface area contributed by atoms with E-state index in [0.717, 1.165) is 11.3 Å². The van der Waals surface area contributed by atoms with Crippen molar-refractivity contribution in [2.24, 2.45) is 13.5 Å². The predicted octanol–water partition coefficient (Wildman–Crippen LogP) is 4.20. The third kappa shape index (κ3) is 3.27. The second-order valence-corrected chi connectivity index (χ2v) is 8.67. The fourth-order valence-corrected chi connectivity index (χ4v) is 6.35. The van der Waals surface area contributed by atoms with Gasteiger partial charge in [-0.25, -0.2) is 4.79 Å². The minimum Gasteiger partial charge on any atom is -0.328 e. The third-order valence-corrected chi connectivity index (χ3v) is 7.34. The molecule has 90 valence electrons. The molecule has 3 unspecified atom stereocenters. The van der Waals surface area contributed by atoms with Crippen molar-refractivity contribution in [1.82, 2.24) is 9.57 Å². The lowest BCUT2D eigenvalue weighted by Gasteiger charge is -2.12. The summed E-state index contributed by atoms with van der Waals surface area (Å²) in [7, 11) is -3.28. The highest BCUT2D eigenvalue weighted by molar-refractivity contribution is 7.73. The number of carbonyl (C=O) groups excluding carboxylic acids is 1. The lowest BCUT2D eigenvalue weighted by Crippen LogP contribution is -2.31. The second-order valence-electron chi connectivity index (χ2n) is 3.29. The molecule has 0 aromatic carbocycles. The first-order chi connectivity index (χ1) is 7.23. The molecule has 0 spiro atoms. The summed E-state index contributed by atoms with van der Waals surface area (Å²) < 4.78 is 38.3. The highest BCUT2D eigenvalue weighted by Gasteiger charge is 2.43. The molecule has 3 atom stereocenters. The number of carbonyl (C=O) groups is 1. The summed E-state index contributed by atoms with van der Waals surface area (Å²) in [4.78, 5) is 12.9. The quantitative estimate of drug-likeness (QED) is 0.667. The zero-order chi connectivity index (χ0) is 12.5. The summed E-state index contributed by atoms with van der Waals surface area (Å²) in [5.41, 5.74) is 0. The van der Waals surface area contributed by atoms with Crippen molar-refractivity contribution in [3.8, 4) is 0 Å². The average molecular weight is 289 g/mol. The molecular formula is C5H12F2N5OP3+2. The Balaban J connectivity index is 3.05. The molecule has 0 N–H and O–H groups in total. The fraction of sp³-hybridized carbons (Fsp3) is 0.800. The van der Waals surface area contributed by atoms with E-state index in [2.05, 4.69) is 13.5 Å². The van der Waals surface area contributed by atoms with E-state index in [9.17, 15) is 13.2 Å². The Hall–Kier alpha value is -0.440. The van der Waals surface area contributed by atoms with Crippen molar-refractivity contribution in [3.63, 3.8) is 0 Å². The molecule has 11 heteroatoms. The lowest BCUT2D eigenvalue weighted by molar-refractivity contribution is 0.204. The Morgan fingerprint density at radius 3 is 2.38 bits per heavy atom. The van der Waals surface area contributed by atoms with E-state index in [1.165, 1.54) is 11.9 Å². The number of hydrogen-bond acceptors (Lipinski definition) is 4. The van der Waals surface area contributed by atoms with Crippen molar-refractivity contribution in [3.05, 3.63) is 0 Å². The number of halogens is 2. The largest absolute Gasteiger partial charge is 0.634 e. The maximum absolute atomic E-state index is 13.6. The Labute approximate surface area is 94.5 Å². The van der Waals surface area contributed by atoms with Crippen LogP contribution in [-0.4, -0.2) is 43.4 Å². The van der Waals surface area contributed by atoms with Gasteiger partial charge in [0, 0.05) is 29.8 Å². The number of amides is 2. The van der Waals surface area contributed by atoms with Gasteiger partial charge in [0.1, 0.15) is 0 Å². The van der Waals surface area contributed by atoms with Crippen LogP contribution in [0.5, 0.6) is 0 Å². The molecule has 16 heavy (non-hydrogen) atoms. The van der Waals surface area contributed by atoms with Gasteiger partial charge in [-0.1, -0.05) is 0 Å². The van der Waals surface area contributed by atoms with E-state index in [1.807, 2.05) is 0 Å². The SMILES string of the molecule is CN(C)C(=O)N(C)[P+]1=N[P+](F)=NP(C)(F)=N1. The van der Waals surface area contributed by atoms with Gasteiger partial charge in [-0.05, 0) is 0 Å². The molecule has 1 heterocycles. The number of urea groups is 1. The van der Waals surface area contributed by atoms with Gasteiger partial charge < -0.3 is 4.90 Å². The molecule has 0 aromatic heterocycles. The van der Waals surface area contributed by atoms with E-state index in [0.29, 0.717) is 0 Å². The summed E-state index contributed by atoms with van der Waals surface area (Å²) in [5, 5.41) is 0. The van der Waals surface area contributed by atoms with Gasteiger partial charge in [-0.2, -0.15) is 4.20 Å². The van der Waals surface area contributed by atoms with E-state index < -0.39 is 23.7 Å². The molecule has 6 nitrogen and oxygen atoms in total. The minimum absolute atomic E-state index is 0.385. The van der Waals surface area contributed by atoms with Crippen molar-refractivity contribution < 1.29 is 13.2 Å². The molecule has 0 saturated carbocycles. The smallest absolute Gasteiger partial charge is 0.328 e. The maximum atomic E-state index is 13.6. The van der Waals surface area contributed by atoms with E-state index in [-0.39, 0.29) is 6.03 Å². The first-order valence-electron chi connectivity index (χ1n) is 4.18. The van der Waals surface area contributed by atoms with E-state index in [4.69, 9.17) is 0 Å². The van der Waals surface area contributed by atoms with Crippen LogP contribution in [-0.2, 0) is 0 Å². The summed E-state index contributed by atoms with van der Waals surface area (Å²) in [6.45, 7) is 1.15. The van der Waals surface area contributed by atoms with Gasteiger partial charge in [0.2, 0.25) is 4.52 Å². The van der Waals surface area contributed by atoms with Crippen LogP contribution in [0.1, 0.15) is 0 Å². The Morgan fingerprint density at radius 2 is 1.94 bits per heavy atom. The summed E-state index contributed by atoms with van der Waals surface area (Å²) in [6, 6.07) is -0.385. The summed E-state index contributed by atoms with van der Waals surface area (Å²) >= 11 is 0. The highest BCUT2D eigenvalue weighted by Crippen LogP contribution is 2.65. The summed E-state index contributed by atoms with van der Waals surface area (Å²) in [5.74, 6) is 0. The van der Waals surface area contributed by atoms with Crippen LogP contribution >= 0.6 is 23.7 Å². The van der Waals surface area contributed by atoms with Crippen LogP contribution in [0.15, 0.2) is 13.5 Å². The standard InChI is InChI=1S/C5H12F2N5OP3/c1-11(2)5(13)12(3)15-8-14(6)9-16(4,7)10-15/h1-4H3/q+2. The van der Waals surface area contributed by atoms with Gasteiger partial charge in [-0.15, -0.1) is 4.67 Å². The second kappa shape index (κ2) is 4.82. The first-order valence-corrected chi connectivity index (χ1v) is 8.55. The minimum atomic E-state index is -3.45. The average Bonchev–Trinajstić information content (AvgIpc) is 2.12. The molecule has 0 radical (unpaired) electrons. The molecule has 0 saturated heterocycles. The van der Waals surface area contributed by atoms with Crippen molar-refractivity contribution in [1.29, 1.82) is 0 Å². The van der Waals surface area contributed by atoms with Crippen molar-refractivity contribution >= 4 is 29.7 Å². The Bertz CT molecular complexity index is 428. The fourth-order valence-electron chi connectivity index (χ4n) is 0.886. The van der Waals surface area contributed by atoms with Crippen LogP contribution < -0.4 is 0 Å². The third-order valence-electron chi connectivity index (χ3n) is 1.56. The highest BCUT2D eigenvalue weighted by atomic mass is 31.2. The zero-order valence-corrected chi connectivity index (χ0v) is 11.9. The first kappa shape index (κ1) is 13.6. The van der Waals surface area contributed by atoms with Crippen LogP contribution in [0, 0.1) is 0 Å². The predicted molar refractivity (Wildman–Crippen MR) is 63.0 cm³/mol. The van der Waals surface area contributed by atoms with Gasteiger partial charge in [0.25, 0.3) is 0 Å². The van der Waals surface area contributed by atoms with Gasteiger partial charge >= 0.3 is 29.7 Å². The van der Waals surface area contributed by atoms with Crippen LogP contribution in [0.25, 0.3) is 0 Å². The normalized spacial score (nSPS) is 28.6. The van der Waals surface area contributed by atoms with Crippen LogP contribution in [0.3, 0.4) is 0 Å². The molecule has 0 bridgehead atoms. The molecule has 0 aromatic rings. The van der Waals surface area contributed by atoms with Crippen LogP contribution in [0.4, 0.5) is 13.2 Å². The van der Waals surface area contributed by atoms with Crippen LogP contribution in [0.2, 0.25) is 0 Å². The van der Waals surface area contributed by atoms with E-state index >= 15 is 0 Å². The van der Waals surface area contributed by atoms with Gasteiger partial charge in [0.15, 0.2) is 0 Å². The molecule has 0 fully saturated rings. The van der Waals surface area contributed by atoms with Crippen molar-refractivity contribution in [2.75, 3.05) is 27.8 Å². The number of hydrogen-bond donors (Lipinski definition) is 0. The Morgan fingerprint density at radius 1 is 1.38 bits per heavy atom.